The second-order valence-electron chi connectivity index (χ2n) is 2.25. The van der Waals surface area contributed by atoms with Crippen LogP contribution in [0.5, 0.6) is 0 Å². The molecular weight excluding hydrogens is 219 g/mol. The topological polar surface area (TPSA) is 73.1 Å². The number of carbonyl (C=O) groups is 2. The first kappa shape index (κ1) is 8.40. The third-order valence-electron chi connectivity index (χ3n) is 1.51. The second-order valence-corrected chi connectivity index (χ2v) is 3.00. The third-order valence-corrected chi connectivity index (χ3v) is 2.33. The number of carbonyl (C=O) groups excluding carboxylic acids is 2. The highest BCUT2D eigenvalue weighted by Gasteiger charge is 2.35. The number of aromatic nitrogens is 2. The Morgan fingerprint density at radius 3 is 1.69 bits per heavy atom. The molecule has 2 rings (SSSR count). The van der Waals surface area contributed by atoms with E-state index in [1.54, 1.807) is 0 Å². The van der Waals surface area contributed by atoms with Gasteiger partial charge in [0.25, 0.3) is 0 Å². The number of hydrogen-bond donors (Lipinski definition) is 0. The summed E-state index contributed by atoms with van der Waals surface area (Å²) in [5.74, 6) is -1.30. The van der Waals surface area contributed by atoms with Crippen LogP contribution in [0.25, 0.3) is 0 Å². The Hall–Kier alpha value is -1.20. The molecule has 0 amide bonds. The van der Waals surface area contributed by atoms with Crippen molar-refractivity contribution in [2.75, 3.05) is 0 Å². The number of halogens is 2. The van der Waals surface area contributed by atoms with Crippen molar-refractivity contribution in [3.8, 4) is 0 Å². The predicted molar refractivity (Wildman–Crippen MR) is 41.7 cm³/mol. The van der Waals surface area contributed by atoms with E-state index in [4.69, 9.17) is 23.2 Å². The maximum Gasteiger partial charge on any atom is 0.230 e. The predicted octanol–water partition coefficient (Wildman–Crippen LogP) is 1.14. The highest BCUT2D eigenvalue weighted by molar-refractivity contribution is 6.59. The van der Waals surface area contributed by atoms with Crippen LogP contribution in [-0.2, 0) is 0 Å². The van der Waals surface area contributed by atoms with Gasteiger partial charge in [0.15, 0.2) is 11.4 Å². The Morgan fingerprint density at radius 1 is 0.923 bits per heavy atom. The van der Waals surface area contributed by atoms with E-state index >= 15 is 0 Å². The maximum absolute atomic E-state index is 11.2. The van der Waals surface area contributed by atoms with Gasteiger partial charge < -0.3 is 0 Å². The molecule has 0 bridgehead atoms. The lowest BCUT2D eigenvalue weighted by atomic mass is 10.1. The Morgan fingerprint density at radius 2 is 1.31 bits per heavy atom. The van der Waals surface area contributed by atoms with Crippen LogP contribution in [0.1, 0.15) is 21.0 Å². The molecule has 13 heavy (non-hydrogen) atoms. The Bertz CT molecular complexity index is 410. The van der Waals surface area contributed by atoms with E-state index in [2.05, 4.69) is 14.9 Å². The van der Waals surface area contributed by atoms with E-state index in [-0.39, 0.29) is 21.5 Å². The molecule has 1 aromatic heterocycles. The fourth-order valence-electron chi connectivity index (χ4n) is 0.894. The van der Waals surface area contributed by atoms with Crippen molar-refractivity contribution in [3.05, 3.63) is 21.5 Å². The van der Waals surface area contributed by atoms with E-state index in [0.717, 1.165) is 0 Å². The van der Waals surface area contributed by atoms with E-state index in [1.165, 1.54) is 0 Å². The molecule has 0 spiro atoms. The van der Waals surface area contributed by atoms with Gasteiger partial charge in [-0.2, -0.15) is 0 Å². The summed E-state index contributed by atoms with van der Waals surface area (Å²) < 4.78 is 4.22. The van der Waals surface area contributed by atoms with Gasteiger partial charge in [-0.1, -0.05) is 23.2 Å². The lowest BCUT2D eigenvalue weighted by Crippen LogP contribution is -2.17. The smallest absolute Gasteiger partial charge is 0.230 e. The van der Waals surface area contributed by atoms with Gasteiger partial charge in [-0.15, -0.1) is 0 Å². The fourth-order valence-corrected chi connectivity index (χ4v) is 1.24. The lowest BCUT2D eigenvalue weighted by Gasteiger charge is -2.04. The number of rotatable bonds is 0. The summed E-state index contributed by atoms with van der Waals surface area (Å²) in [7, 11) is 0. The van der Waals surface area contributed by atoms with E-state index in [9.17, 15) is 9.59 Å². The van der Waals surface area contributed by atoms with Crippen molar-refractivity contribution in [3.63, 3.8) is 0 Å². The van der Waals surface area contributed by atoms with Crippen LogP contribution in [0.15, 0.2) is 14.7 Å². The van der Waals surface area contributed by atoms with Crippen molar-refractivity contribution in [2.45, 2.75) is 0 Å². The van der Waals surface area contributed by atoms with Gasteiger partial charge in [0.1, 0.15) is 10.1 Å². The van der Waals surface area contributed by atoms with Crippen LogP contribution in [-0.4, -0.2) is 21.9 Å². The van der Waals surface area contributed by atoms with Gasteiger partial charge in [0.05, 0.1) is 0 Å². The minimum atomic E-state index is -0.650. The number of allylic oxidation sites excluding steroid dienone is 2. The number of fused-ring (bicyclic) bond motifs is 1. The van der Waals surface area contributed by atoms with Crippen LogP contribution in [0, 0.1) is 0 Å². The van der Waals surface area contributed by atoms with Gasteiger partial charge in [-0.25, -0.2) is 4.63 Å². The zero-order valence-electron chi connectivity index (χ0n) is 5.88. The van der Waals surface area contributed by atoms with Gasteiger partial charge in [0.2, 0.25) is 11.6 Å². The molecule has 0 fully saturated rings. The van der Waals surface area contributed by atoms with Gasteiger partial charge in [-0.3, -0.25) is 9.59 Å². The first-order valence-corrected chi connectivity index (χ1v) is 3.85. The van der Waals surface area contributed by atoms with Crippen molar-refractivity contribution in [1.29, 1.82) is 0 Å². The molecule has 1 aliphatic rings. The van der Waals surface area contributed by atoms with Crippen molar-refractivity contribution < 1.29 is 14.2 Å². The normalized spacial score (nSPS) is 16.5. The molecule has 0 aliphatic heterocycles. The average molecular weight is 219 g/mol. The van der Waals surface area contributed by atoms with Crippen molar-refractivity contribution in [2.24, 2.45) is 0 Å². The molecule has 0 atom stereocenters. The zero-order chi connectivity index (χ0) is 9.59. The molecule has 0 aromatic carbocycles. The molecule has 7 heteroatoms. The van der Waals surface area contributed by atoms with Gasteiger partial charge >= 0.3 is 0 Å². The fraction of sp³-hybridized carbons (Fsp3) is 0. The highest BCUT2D eigenvalue weighted by Crippen LogP contribution is 2.28. The number of Topliss-reactive ketones (excluding diaryl/α,β-unsaturated/α-hetero) is 2. The SMILES string of the molecule is O=C1C(Cl)=C(Cl)C(=O)c2nonc21. The third kappa shape index (κ3) is 1.01. The second kappa shape index (κ2) is 2.65. The van der Waals surface area contributed by atoms with Crippen LogP contribution in [0.3, 0.4) is 0 Å². The first-order valence-electron chi connectivity index (χ1n) is 3.10. The van der Waals surface area contributed by atoms with E-state index in [0.29, 0.717) is 0 Å². The number of ketones is 2. The molecule has 0 saturated carbocycles. The standard InChI is InChI=1S/C6Cl2N2O3/c7-1-2(8)6(12)4-3(5(1)11)9-13-10-4. The summed E-state index contributed by atoms with van der Waals surface area (Å²) in [5.41, 5.74) is -0.390. The van der Waals surface area contributed by atoms with Crippen LogP contribution in [0.2, 0.25) is 0 Å². The summed E-state index contributed by atoms with van der Waals surface area (Å²) >= 11 is 10.9. The van der Waals surface area contributed by atoms with E-state index < -0.39 is 11.6 Å². The first-order chi connectivity index (χ1) is 6.13. The number of nitrogens with zero attached hydrogens (tertiary/aromatic N) is 2. The van der Waals surface area contributed by atoms with Crippen molar-refractivity contribution >= 4 is 34.8 Å². The molecule has 0 saturated heterocycles. The molecule has 1 heterocycles. The monoisotopic (exact) mass is 218 g/mol. The quantitative estimate of drug-likeness (QED) is 0.653. The molecule has 0 unspecified atom stereocenters. The molecule has 66 valence electrons. The zero-order valence-corrected chi connectivity index (χ0v) is 7.39. The molecule has 5 nitrogen and oxygen atoms in total. The molecule has 0 radical (unpaired) electrons. The largest absolute Gasteiger partial charge is 0.286 e. The Labute approximate surface area is 81.3 Å². The van der Waals surface area contributed by atoms with E-state index in [1.807, 2.05) is 0 Å². The van der Waals surface area contributed by atoms with Crippen LogP contribution >= 0.6 is 23.2 Å². The maximum atomic E-state index is 11.2. The number of hydrogen-bond acceptors (Lipinski definition) is 5. The van der Waals surface area contributed by atoms with Crippen LogP contribution < -0.4 is 0 Å². The molecule has 1 aliphatic carbocycles. The molecule has 0 N–H and O–H groups in total. The Balaban J connectivity index is 2.71. The summed E-state index contributed by atoms with van der Waals surface area (Å²) in [6.07, 6.45) is 0. The summed E-state index contributed by atoms with van der Waals surface area (Å²) in [6, 6.07) is 0. The van der Waals surface area contributed by atoms with Gasteiger partial charge in [-0.05, 0) is 10.3 Å². The molecule has 1 aromatic rings. The highest BCUT2D eigenvalue weighted by atomic mass is 35.5. The minimum absolute atomic E-state index is 0.195. The Kier molecular flexibility index (Phi) is 1.71. The average Bonchev–Trinajstić information content (AvgIpc) is 2.59. The summed E-state index contributed by atoms with van der Waals surface area (Å²) in [5, 5.41) is 5.77. The van der Waals surface area contributed by atoms with Gasteiger partial charge in [0, 0.05) is 0 Å². The summed E-state index contributed by atoms with van der Waals surface area (Å²) in [6.45, 7) is 0. The van der Waals surface area contributed by atoms with Crippen molar-refractivity contribution in [1.82, 2.24) is 10.3 Å². The molecular formula is C6Cl2N2O3. The van der Waals surface area contributed by atoms with Crippen LogP contribution in [0.4, 0.5) is 0 Å². The minimum Gasteiger partial charge on any atom is -0.286 e. The summed E-state index contributed by atoms with van der Waals surface area (Å²) in [4.78, 5) is 22.5. The lowest BCUT2D eigenvalue weighted by molar-refractivity contribution is 0.0982.